The number of aromatic nitrogens is 6. The number of nitrogens with one attached hydrogen (secondary N) is 1. The van der Waals surface area contributed by atoms with Gasteiger partial charge in [0.05, 0.1) is 11.9 Å². The molecule has 2 heterocycles. The van der Waals surface area contributed by atoms with Crippen LogP contribution in [0.5, 0.6) is 0 Å². The van der Waals surface area contributed by atoms with Gasteiger partial charge < -0.3 is 5.32 Å². The molecule has 1 aromatic carbocycles. The largest absolute Gasteiger partial charge is 0.311 e. The van der Waals surface area contributed by atoms with E-state index in [4.69, 9.17) is 0 Å². The summed E-state index contributed by atoms with van der Waals surface area (Å²) in [6, 6.07) is 9.70. The van der Waals surface area contributed by atoms with Gasteiger partial charge >= 0.3 is 0 Å². The summed E-state index contributed by atoms with van der Waals surface area (Å²) in [4.78, 5) is 10.0. The fourth-order valence-corrected chi connectivity index (χ4v) is 1.84. The van der Waals surface area contributed by atoms with E-state index in [0.29, 0.717) is 18.2 Å². The first-order chi connectivity index (χ1) is 10.4. The van der Waals surface area contributed by atoms with Crippen molar-refractivity contribution in [2.45, 2.75) is 13.5 Å². The van der Waals surface area contributed by atoms with Crippen molar-refractivity contribution in [2.75, 3.05) is 6.54 Å². The third kappa shape index (κ3) is 3.09. The smallest absolute Gasteiger partial charge is 0.205 e. The Bertz CT molecular complexity index is 708. The Labute approximate surface area is 122 Å². The SMILES string of the molecule is CCNCc1cncc(-n2nnc(-c3ccccc3)n2)n1. The average Bonchev–Trinajstić information content (AvgIpc) is 3.04. The second-order valence-corrected chi connectivity index (χ2v) is 4.42. The summed E-state index contributed by atoms with van der Waals surface area (Å²) in [5.74, 6) is 1.12. The highest BCUT2D eigenvalue weighted by Gasteiger charge is 2.08. The molecule has 21 heavy (non-hydrogen) atoms. The molecule has 0 fully saturated rings. The summed E-state index contributed by atoms with van der Waals surface area (Å²) in [5.41, 5.74) is 1.76. The minimum absolute atomic E-state index is 0.556. The lowest BCUT2D eigenvalue weighted by Crippen LogP contribution is -2.14. The lowest BCUT2D eigenvalue weighted by Gasteiger charge is -2.02. The van der Waals surface area contributed by atoms with Crippen molar-refractivity contribution >= 4 is 0 Å². The Morgan fingerprint density at radius 2 is 2.00 bits per heavy atom. The predicted molar refractivity (Wildman–Crippen MR) is 77.6 cm³/mol. The zero-order valence-electron chi connectivity index (χ0n) is 11.6. The van der Waals surface area contributed by atoms with Crippen LogP contribution in [0.15, 0.2) is 42.7 Å². The van der Waals surface area contributed by atoms with E-state index < -0.39 is 0 Å². The van der Waals surface area contributed by atoms with Gasteiger partial charge in [0.2, 0.25) is 5.82 Å². The van der Waals surface area contributed by atoms with Crippen LogP contribution in [0.2, 0.25) is 0 Å². The van der Waals surface area contributed by atoms with Crippen molar-refractivity contribution in [1.82, 2.24) is 35.5 Å². The summed E-state index contributed by atoms with van der Waals surface area (Å²) in [6.07, 6.45) is 3.34. The molecule has 0 saturated carbocycles. The van der Waals surface area contributed by atoms with Crippen LogP contribution in [0.25, 0.3) is 17.2 Å². The lowest BCUT2D eigenvalue weighted by molar-refractivity contribution is 0.669. The second kappa shape index (κ2) is 6.19. The van der Waals surface area contributed by atoms with Crippen LogP contribution >= 0.6 is 0 Å². The van der Waals surface area contributed by atoms with Gasteiger partial charge in [0.1, 0.15) is 0 Å². The third-order valence-corrected chi connectivity index (χ3v) is 2.88. The number of hydrogen-bond donors (Lipinski definition) is 1. The maximum atomic E-state index is 4.46. The van der Waals surface area contributed by atoms with E-state index in [9.17, 15) is 0 Å². The van der Waals surface area contributed by atoms with Gasteiger partial charge in [0.15, 0.2) is 5.82 Å². The molecule has 0 unspecified atom stereocenters. The van der Waals surface area contributed by atoms with E-state index in [-0.39, 0.29) is 0 Å². The van der Waals surface area contributed by atoms with E-state index in [1.165, 1.54) is 4.80 Å². The Kier molecular flexibility index (Phi) is 3.92. The van der Waals surface area contributed by atoms with Crippen LogP contribution in [0, 0.1) is 0 Å². The van der Waals surface area contributed by atoms with Crippen LogP contribution in [-0.4, -0.2) is 36.7 Å². The molecule has 1 N–H and O–H groups in total. The Hall–Kier alpha value is -2.67. The van der Waals surface area contributed by atoms with Crippen molar-refractivity contribution in [3.63, 3.8) is 0 Å². The summed E-state index contributed by atoms with van der Waals surface area (Å²) in [7, 11) is 0. The maximum absolute atomic E-state index is 4.46. The topological polar surface area (TPSA) is 81.4 Å². The molecule has 7 nitrogen and oxygen atoms in total. The van der Waals surface area contributed by atoms with Crippen LogP contribution < -0.4 is 5.32 Å². The molecule has 0 saturated heterocycles. The van der Waals surface area contributed by atoms with Crippen LogP contribution in [0.4, 0.5) is 0 Å². The number of tetrazole rings is 1. The third-order valence-electron chi connectivity index (χ3n) is 2.88. The molecule has 0 spiro atoms. The van der Waals surface area contributed by atoms with Gasteiger partial charge in [-0.3, -0.25) is 4.98 Å². The van der Waals surface area contributed by atoms with Gasteiger partial charge in [-0.1, -0.05) is 37.3 Å². The van der Waals surface area contributed by atoms with E-state index in [1.807, 2.05) is 37.3 Å². The fraction of sp³-hybridized carbons (Fsp3) is 0.214. The molecule has 0 atom stereocenters. The zero-order valence-corrected chi connectivity index (χ0v) is 11.6. The average molecular weight is 281 g/mol. The second-order valence-electron chi connectivity index (χ2n) is 4.42. The highest BCUT2D eigenvalue weighted by Crippen LogP contribution is 2.12. The molecule has 0 bridgehead atoms. The molecule has 2 aromatic heterocycles. The molecule has 0 aliphatic heterocycles. The molecule has 7 heteroatoms. The van der Waals surface area contributed by atoms with Gasteiger partial charge in [0, 0.05) is 18.3 Å². The summed E-state index contributed by atoms with van der Waals surface area (Å²) in [5, 5.41) is 15.6. The van der Waals surface area contributed by atoms with Gasteiger partial charge in [0.25, 0.3) is 0 Å². The van der Waals surface area contributed by atoms with E-state index in [0.717, 1.165) is 17.8 Å². The molecule has 0 aliphatic carbocycles. The maximum Gasteiger partial charge on any atom is 0.205 e. The minimum Gasteiger partial charge on any atom is -0.311 e. The van der Waals surface area contributed by atoms with Crippen molar-refractivity contribution in [1.29, 1.82) is 0 Å². The first-order valence-electron chi connectivity index (χ1n) is 6.74. The van der Waals surface area contributed by atoms with Gasteiger partial charge in [-0.2, -0.15) is 0 Å². The molecular formula is C14H15N7. The van der Waals surface area contributed by atoms with Gasteiger partial charge in [-0.05, 0) is 11.8 Å². The first-order valence-corrected chi connectivity index (χ1v) is 6.74. The summed E-state index contributed by atoms with van der Waals surface area (Å²) >= 11 is 0. The molecule has 3 rings (SSSR count). The predicted octanol–water partition coefficient (Wildman–Crippen LogP) is 1.23. The van der Waals surface area contributed by atoms with Crippen molar-refractivity contribution in [2.24, 2.45) is 0 Å². The van der Waals surface area contributed by atoms with Gasteiger partial charge in [-0.15, -0.1) is 15.0 Å². The van der Waals surface area contributed by atoms with E-state index >= 15 is 0 Å². The number of hydrogen-bond acceptors (Lipinski definition) is 6. The molecular weight excluding hydrogens is 266 g/mol. The number of rotatable bonds is 5. The molecule has 106 valence electrons. The van der Waals surface area contributed by atoms with Crippen molar-refractivity contribution < 1.29 is 0 Å². The Balaban J connectivity index is 1.86. The highest BCUT2D eigenvalue weighted by atomic mass is 15.6. The fourth-order valence-electron chi connectivity index (χ4n) is 1.84. The van der Waals surface area contributed by atoms with Crippen molar-refractivity contribution in [3.05, 3.63) is 48.4 Å². The van der Waals surface area contributed by atoms with Crippen molar-refractivity contribution in [3.8, 4) is 17.2 Å². The number of benzene rings is 1. The summed E-state index contributed by atoms with van der Waals surface area (Å²) in [6.45, 7) is 3.59. The Morgan fingerprint density at radius 1 is 1.14 bits per heavy atom. The highest BCUT2D eigenvalue weighted by molar-refractivity contribution is 5.53. The molecule has 0 aliphatic rings. The van der Waals surface area contributed by atoms with Gasteiger partial charge in [-0.25, -0.2) is 4.98 Å². The minimum atomic E-state index is 0.556. The lowest BCUT2D eigenvalue weighted by atomic mass is 10.2. The molecule has 0 radical (unpaired) electrons. The quantitative estimate of drug-likeness (QED) is 0.757. The zero-order chi connectivity index (χ0) is 14.5. The number of nitrogens with zero attached hydrogens (tertiary/aromatic N) is 6. The summed E-state index contributed by atoms with van der Waals surface area (Å²) < 4.78 is 0. The monoisotopic (exact) mass is 281 g/mol. The normalized spacial score (nSPS) is 10.7. The van der Waals surface area contributed by atoms with E-state index in [1.54, 1.807) is 12.4 Å². The standard InChI is InChI=1S/C14H15N7/c1-2-15-8-12-9-16-10-13(17-12)21-19-14(18-20-21)11-6-4-3-5-7-11/h3-7,9-10,15H,2,8H2,1H3. The Morgan fingerprint density at radius 3 is 2.81 bits per heavy atom. The van der Waals surface area contributed by atoms with Crippen LogP contribution in [-0.2, 0) is 6.54 Å². The first kappa shape index (κ1) is 13.3. The van der Waals surface area contributed by atoms with Crippen LogP contribution in [0.1, 0.15) is 12.6 Å². The molecule has 0 amide bonds. The molecule has 3 aromatic rings. The van der Waals surface area contributed by atoms with E-state index in [2.05, 4.69) is 30.7 Å². The van der Waals surface area contributed by atoms with Crippen LogP contribution in [0.3, 0.4) is 0 Å².